The van der Waals surface area contributed by atoms with E-state index in [-0.39, 0.29) is 11.2 Å². The predicted molar refractivity (Wildman–Crippen MR) is 120 cm³/mol. The molecule has 4 rings (SSSR count). The molecule has 9 heteroatoms. The average molecular weight is 450 g/mol. The summed E-state index contributed by atoms with van der Waals surface area (Å²) in [5.41, 5.74) is 0.894. The molecule has 1 aliphatic rings. The second-order valence-corrected chi connectivity index (χ2v) is 8.89. The molecule has 0 radical (unpaired) electrons. The van der Waals surface area contributed by atoms with Crippen LogP contribution in [0.15, 0.2) is 27.8 Å². The fraction of sp³-hybridized carbons (Fsp3) is 0.476. The Bertz CT molecular complexity index is 1230. The van der Waals surface area contributed by atoms with E-state index in [1.807, 2.05) is 10.6 Å². The van der Waals surface area contributed by atoms with Crippen molar-refractivity contribution in [1.29, 1.82) is 0 Å². The summed E-state index contributed by atoms with van der Waals surface area (Å²) >= 11 is 12.5. The molecule has 0 amide bonds. The summed E-state index contributed by atoms with van der Waals surface area (Å²) in [6.45, 7) is 4.19. The molecule has 30 heavy (non-hydrogen) atoms. The normalized spacial score (nSPS) is 17.7. The number of piperidine rings is 1. The van der Waals surface area contributed by atoms with Crippen molar-refractivity contribution in [3.05, 3.63) is 60.5 Å². The van der Waals surface area contributed by atoms with Crippen LogP contribution in [-0.2, 0) is 27.2 Å². The lowest BCUT2D eigenvalue weighted by atomic mass is 10.0. The van der Waals surface area contributed by atoms with Crippen LogP contribution < -0.4 is 11.2 Å². The molecular weight excluding hydrogens is 425 g/mol. The maximum Gasteiger partial charge on any atom is 0.332 e. The summed E-state index contributed by atoms with van der Waals surface area (Å²) < 4.78 is 4.45. The second-order valence-electron chi connectivity index (χ2n) is 8.04. The van der Waals surface area contributed by atoms with Gasteiger partial charge < -0.3 is 4.57 Å². The number of aromatic nitrogens is 4. The summed E-state index contributed by atoms with van der Waals surface area (Å²) in [6, 6.07) is 5.77. The number of imidazole rings is 1. The summed E-state index contributed by atoms with van der Waals surface area (Å²) in [4.78, 5) is 32.6. The summed E-state index contributed by atoms with van der Waals surface area (Å²) in [6.07, 6.45) is 3.51. The Balaban J connectivity index is 1.90. The highest BCUT2D eigenvalue weighted by Gasteiger charge is 2.24. The van der Waals surface area contributed by atoms with Crippen LogP contribution in [0.2, 0.25) is 10.0 Å². The Kier molecular flexibility index (Phi) is 5.79. The first-order chi connectivity index (χ1) is 14.3. The van der Waals surface area contributed by atoms with Crippen LogP contribution in [0.3, 0.4) is 0 Å². The van der Waals surface area contributed by atoms with Crippen molar-refractivity contribution in [3.8, 4) is 0 Å². The zero-order valence-electron chi connectivity index (χ0n) is 17.4. The molecule has 0 N–H and O–H groups in total. The van der Waals surface area contributed by atoms with Gasteiger partial charge in [-0.2, -0.15) is 0 Å². The Morgan fingerprint density at radius 2 is 1.87 bits per heavy atom. The lowest BCUT2D eigenvalue weighted by Crippen LogP contribution is -2.38. The quantitative estimate of drug-likeness (QED) is 0.613. The number of fused-ring (bicyclic) bond motifs is 1. The Morgan fingerprint density at radius 3 is 2.57 bits per heavy atom. The van der Waals surface area contributed by atoms with Crippen LogP contribution in [-0.4, -0.2) is 36.2 Å². The van der Waals surface area contributed by atoms with Gasteiger partial charge in [-0.15, -0.1) is 0 Å². The minimum atomic E-state index is -0.389. The lowest BCUT2D eigenvalue weighted by Gasteiger charge is -2.33. The highest BCUT2D eigenvalue weighted by atomic mass is 35.5. The largest absolute Gasteiger partial charge is 0.332 e. The van der Waals surface area contributed by atoms with Gasteiger partial charge in [0.15, 0.2) is 11.2 Å². The van der Waals surface area contributed by atoms with Gasteiger partial charge in [0, 0.05) is 30.2 Å². The van der Waals surface area contributed by atoms with E-state index in [0.717, 1.165) is 35.3 Å². The molecule has 1 saturated heterocycles. The van der Waals surface area contributed by atoms with Crippen LogP contribution in [0.25, 0.3) is 11.2 Å². The van der Waals surface area contributed by atoms with E-state index < -0.39 is 0 Å². The van der Waals surface area contributed by atoms with Gasteiger partial charge in [0.1, 0.15) is 5.82 Å². The molecule has 1 aliphatic heterocycles. The number of hydrogen-bond donors (Lipinski definition) is 0. The smallest absolute Gasteiger partial charge is 0.316 e. The van der Waals surface area contributed by atoms with E-state index in [0.29, 0.717) is 40.3 Å². The molecule has 3 aromatic rings. The molecule has 1 unspecified atom stereocenters. The van der Waals surface area contributed by atoms with Crippen LogP contribution in [0.4, 0.5) is 0 Å². The maximum absolute atomic E-state index is 13.0. The summed E-state index contributed by atoms with van der Waals surface area (Å²) in [5, 5.41) is 1.09. The molecule has 0 aliphatic carbocycles. The Labute approximate surface area is 184 Å². The first kappa shape index (κ1) is 21.2. The Hall–Kier alpha value is -2.09. The summed E-state index contributed by atoms with van der Waals surface area (Å²) in [7, 11) is 3.13. The molecule has 0 bridgehead atoms. The number of benzene rings is 1. The van der Waals surface area contributed by atoms with Crippen LogP contribution in [0.5, 0.6) is 0 Å². The maximum atomic E-state index is 13.0. The molecular formula is C21H25Cl2N5O2. The second kappa shape index (κ2) is 8.21. The third-order valence-corrected chi connectivity index (χ3v) is 6.64. The van der Waals surface area contributed by atoms with Crippen molar-refractivity contribution < 1.29 is 0 Å². The summed E-state index contributed by atoms with van der Waals surface area (Å²) in [5.74, 6) is 0.753. The number of halogens is 2. The number of rotatable bonds is 4. The number of nitrogens with zero attached hydrogens (tertiary/aromatic N) is 5. The predicted octanol–water partition coefficient (Wildman–Crippen LogP) is 3.16. The number of likely N-dealkylation sites (tertiary alicyclic amines) is 1. The minimum absolute atomic E-state index is 0.358. The van der Waals surface area contributed by atoms with E-state index in [9.17, 15) is 9.59 Å². The zero-order valence-corrected chi connectivity index (χ0v) is 18.9. The van der Waals surface area contributed by atoms with E-state index in [1.165, 1.54) is 18.0 Å². The molecule has 0 saturated carbocycles. The van der Waals surface area contributed by atoms with Gasteiger partial charge in [-0.05, 0) is 44.0 Å². The SMILES string of the molecule is CC1CCCCN1Cc1nc2c(c(=O)n(C)c(=O)n2C)n1Cc1ccc(Cl)cc1Cl. The van der Waals surface area contributed by atoms with Crippen molar-refractivity contribution in [1.82, 2.24) is 23.6 Å². The molecule has 0 spiro atoms. The van der Waals surface area contributed by atoms with Crippen LogP contribution >= 0.6 is 23.2 Å². The lowest BCUT2D eigenvalue weighted by molar-refractivity contribution is 0.147. The van der Waals surface area contributed by atoms with Crippen molar-refractivity contribution in [2.75, 3.05) is 6.54 Å². The van der Waals surface area contributed by atoms with Gasteiger partial charge >= 0.3 is 5.69 Å². The average Bonchev–Trinajstić information content (AvgIpc) is 3.07. The van der Waals surface area contributed by atoms with Crippen molar-refractivity contribution in [2.24, 2.45) is 14.1 Å². The first-order valence-corrected chi connectivity index (χ1v) is 10.9. The molecule has 3 heterocycles. The number of aryl methyl sites for hydroxylation is 1. The van der Waals surface area contributed by atoms with Crippen LogP contribution in [0, 0.1) is 0 Å². The van der Waals surface area contributed by atoms with Gasteiger partial charge in [-0.1, -0.05) is 35.7 Å². The van der Waals surface area contributed by atoms with E-state index in [2.05, 4.69) is 11.8 Å². The molecule has 7 nitrogen and oxygen atoms in total. The van der Waals surface area contributed by atoms with Crippen molar-refractivity contribution in [3.63, 3.8) is 0 Å². The first-order valence-electron chi connectivity index (χ1n) is 10.1. The highest BCUT2D eigenvalue weighted by Crippen LogP contribution is 2.25. The topological polar surface area (TPSA) is 65.1 Å². The van der Waals surface area contributed by atoms with E-state index in [4.69, 9.17) is 28.2 Å². The third kappa shape index (κ3) is 3.70. The number of hydrogen-bond acceptors (Lipinski definition) is 4. The van der Waals surface area contributed by atoms with Gasteiger partial charge in [0.2, 0.25) is 0 Å². The molecule has 1 aromatic carbocycles. The van der Waals surface area contributed by atoms with Gasteiger partial charge in [-0.25, -0.2) is 9.78 Å². The van der Waals surface area contributed by atoms with Gasteiger partial charge in [-0.3, -0.25) is 18.8 Å². The van der Waals surface area contributed by atoms with Crippen molar-refractivity contribution in [2.45, 2.75) is 45.3 Å². The molecule has 160 valence electrons. The van der Waals surface area contributed by atoms with Crippen molar-refractivity contribution >= 4 is 34.4 Å². The molecule has 1 atom stereocenters. The molecule has 2 aromatic heterocycles. The third-order valence-electron chi connectivity index (χ3n) is 6.06. The molecule has 1 fully saturated rings. The zero-order chi connectivity index (χ0) is 21.6. The monoisotopic (exact) mass is 449 g/mol. The van der Waals surface area contributed by atoms with E-state index in [1.54, 1.807) is 19.2 Å². The standard InChI is InChI=1S/C21H25Cl2N5O2/c1-13-6-4-5-9-27(13)12-17-24-19-18(20(29)26(3)21(30)25(19)2)28(17)11-14-7-8-15(22)10-16(14)23/h7-8,10,13H,4-6,9,11-12H2,1-3H3. The van der Waals surface area contributed by atoms with Crippen LogP contribution in [0.1, 0.15) is 37.6 Å². The fourth-order valence-electron chi connectivity index (χ4n) is 4.18. The van der Waals surface area contributed by atoms with Gasteiger partial charge in [0.25, 0.3) is 5.56 Å². The fourth-order valence-corrected chi connectivity index (χ4v) is 4.65. The van der Waals surface area contributed by atoms with Gasteiger partial charge in [0.05, 0.1) is 13.1 Å². The van der Waals surface area contributed by atoms with E-state index >= 15 is 0 Å². The minimum Gasteiger partial charge on any atom is -0.316 e. The highest BCUT2D eigenvalue weighted by molar-refractivity contribution is 6.35. The Morgan fingerprint density at radius 1 is 1.10 bits per heavy atom.